The maximum Gasteiger partial charge on any atom is 0.239 e. The summed E-state index contributed by atoms with van der Waals surface area (Å²) in [6.45, 7) is 4.58. The largest absolute Gasteiger partial charge is 0.497 e. The highest BCUT2D eigenvalue weighted by Crippen LogP contribution is 2.60. The van der Waals surface area contributed by atoms with Crippen molar-refractivity contribution < 1.29 is 14.6 Å². The second kappa shape index (κ2) is 7.56. The molecule has 2 atom stereocenters. The molecular formula is C28H28N2O3. The number of carbonyl (C=O) groups is 1. The molecule has 0 unspecified atom stereocenters. The minimum atomic E-state index is -1.58. The Balaban J connectivity index is 1.63. The first kappa shape index (κ1) is 21.4. The van der Waals surface area contributed by atoms with E-state index in [9.17, 15) is 9.90 Å². The minimum Gasteiger partial charge on any atom is -0.497 e. The molecule has 0 aliphatic carbocycles. The number of hydrogen-bond acceptors (Lipinski definition) is 4. The standard InChI is InChI=1S/C28H28N2O3/c1-26(2)24(21-10-6-4-7-11-21)29-27(32)19-30(18-20-14-16-23(33-3)17-15-20)25(31)28(26,27)22-12-8-5-9-13-22/h4-17,32H,18-19H2,1-3H3/t27-,28+/m0/s1. The molecule has 1 N–H and O–H groups in total. The van der Waals surface area contributed by atoms with E-state index in [2.05, 4.69) is 0 Å². The average molecular weight is 441 g/mol. The van der Waals surface area contributed by atoms with Gasteiger partial charge in [-0.3, -0.25) is 9.79 Å². The molecule has 0 radical (unpaired) electrons. The van der Waals surface area contributed by atoms with Gasteiger partial charge in [-0.25, -0.2) is 0 Å². The van der Waals surface area contributed by atoms with Crippen LogP contribution in [-0.2, 0) is 16.8 Å². The Labute approximate surface area is 194 Å². The number of ether oxygens (including phenoxy) is 1. The van der Waals surface area contributed by atoms with Crippen molar-refractivity contribution in [1.82, 2.24) is 4.90 Å². The molecule has 33 heavy (non-hydrogen) atoms. The van der Waals surface area contributed by atoms with Crippen molar-refractivity contribution in [2.75, 3.05) is 13.7 Å². The molecule has 0 spiro atoms. The van der Waals surface area contributed by atoms with Gasteiger partial charge >= 0.3 is 0 Å². The van der Waals surface area contributed by atoms with Crippen molar-refractivity contribution in [2.45, 2.75) is 31.5 Å². The Morgan fingerprint density at radius 3 is 2.15 bits per heavy atom. The van der Waals surface area contributed by atoms with Crippen molar-refractivity contribution in [3.63, 3.8) is 0 Å². The van der Waals surface area contributed by atoms with Crippen LogP contribution in [0.5, 0.6) is 5.75 Å². The summed E-state index contributed by atoms with van der Waals surface area (Å²) in [6, 6.07) is 27.1. The number of aliphatic hydroxyl groups is 1. The average Bonchev–Trinajstić information content (AvgIpc) is 3.17. The predicted octanol–water partition coefficient (Wildman–Crippen LogP) is 4.19. The molecule has 0 saturated carbocycles. The van der Waals surface area contributed by atoms with Crippen LogP contribution in [0.15, 0.2) is 89.9 Å². The molecule has 3 aromatic rings. The Morgan fingerprint density at radius 2 is 1.55 bits per heavy atom. The minimum absolute atomic E-state index is 0.105. The van der Waals surface area contributed by atoms with E-state index in [1.807, 2.05) is 98.8 Å². The Kier molecular flexibility index (Phi) is 4.91. The molecule has 1 amide bonds. The van der Waals surface area contributed by atoms with E-state index < -0.39 is 16.6 Å². The summed E-state index contributed by atoms with van der Waals surface area (Å²) in [4.78, 5) is 21.0. The zero-order chi connectivity index (χ0) is 23.3. The number of rotatable bonds is 5. The van der Waals surface area contributed by atoms with Crippen molar-refractivity contribution in [2.24, 2.45) is 10.4 Å². The third kappa shape index (κ3) is 2.96. The van der Waals surface area contributed by atoms with Gasteiger partial charge in [-0.1, -0.05) is 86.6 Å². The quantitative estimate of drug-likeness (QED) is 0.647. The van der Waals surface area contributed by atoms with Gasteiger partial charge in [0.15, 0.2) is 5.72 Å². The lowest BCUT2D eigenvalue weighted by molar-refractivity contribution is -0.138. The van der Waals surface area contributed by atoms with E-state index in [0.29, 0.717) is 6.54 Å². The zero-order valence-corrected chi connectivity index (χ0v) is 19.2. The molecular weight excluding hydrogens is 412 g/mol. The molecule has 5 rings (SSSR count). The first-order valence-electron chi connectivity index (χ1n) is 11.2. The zero-order valence-electron chi connectivity index (χ0n) is 19.2. The van der Waals surface area contributed by atoms with E-state index in [1.54, 1.807) is 12.0 Å². The fourth-order valence-corrected chi connectivity index (χ4v) is 5.76. The highest BCUT2D eigenvalue weighted by Gasteiger charge is 2.75. The van der Waals surface area contributed by atoms with Crippen LogP contribution in [0.2, 0.25) is 0 Å². The molecule has 0 bridgehead atoms. The van der Waals surface area contributed by atoms with Gasteiger partial charge < -0.3 is 14.7 Å². The van der Waals surface area contributed by atoms with Crippen LogP contribution in [0.3, 0.4) is 0 Å². The lowest BCUT2D eigenvalue weighted by Crippen LogP contribution is -2.57. The molecule has 168 valence electrons. The number of β-amino-alcohol motifs (C(OH)–C–C–N with tert-alkyl or cyclic N) is 1. The molecule has 1 saturated heterocycles. The molecule has 2 aliphatic heterocycles. The van der Waals surface area contributed by atoms with Crippen molar-refractivity contribution in [3.8, 4) is 5.75 Å². The number of aliphatic imine (C=N–C) groups is 1. The van der Waals surface area contributed by atoms with Gasteiger partial charge in [-0.05, 0) is 28.8 Å². The fraction of sp³-hybridized carbons (Fsp3) is 0.286. The van der Waals surface area contributed by atoms with E-state index in [0.717, 1.165) is 28.2 Å². The maximum absolute atomic E-state index is 14.3. The van der Waals surface area contributed by atoms with Gasteiger partial charge in [0.1, 0.15) is 11.2 Å². The summed E-state index contributed by atoms with van der Waals surface area (Å²) in [7, 11) is 1.63. The number of benzene rings is 3. The SMILES string of the molecule is COc1ccc(CN2C[C@@]3(O)N=C(c4ccccc4)C(C)(C)[C@@]3(c3ccccc3)C2=O)cc1. The van der Waals surface area contributed by atoms with Gasteiger partial charge in [0.25, 0.3) is 0 Å². The summed E-state index contributed by atoms with van der Waals surface area (Å²) in [5.74, 6) is 0.660. The van der Waals surface area contributed by atoms with Crippen LogP contribution in [0.25, 0.3) is 0 Å². The van der Waals surface area contributed by atoms with E-state index in [1.165, 1.54) is 0 Å². The number of amides is 1. The van der Waals surface area contributed by atoms with Gasteiger partial charge in [0.2, 0.25) is 5.91 Å². The van der Waals surface area contributed by atoms with E-state index >= 15 is 0 Å². The van der Waals surface area contributed by atoms with Crippen LogP contribution in [-0.4, -0.2) is 41.0 Å². The second-order valence-corrected chi connectivity index (χ2v) is 9.39. The smallest absolute Gasteiger partial charge is 0.239 e. The maximum atomic E-state index is 14.3. The molecule has 2 aliphatic rings. The monoisotopic (exact) mass is 440 g/mol. The van der Waals surface area contributed by atoms with Crippen molar-refractivity contribution in [3.05, 3.63) is 102 Å². The molecule has 5 nitrogen and oxygen atoms in total. The number of carbonyl (C=O) groups excluding carboxylic acids is 1. The van der Waals surface area contributed by atoms with Gasteiger partial charge in [-0.2, -0.15) is 0 Å². The first-order valence-corrected chi connectivity index (χ1v) is 11.2. The van der Waals surface area contributed by atoms with Gasteiger partial charge in [0.05, 0.1) is 19.4 Å². The summed E-state index contributed by atoms with van der Waals surface area (Å²) in [6.07, 6.45) is 0. The first-order chi connectivity index (χ1) is 15.8. The lowest BCUT2D eigenvalue weighted by atomic mass is 9.57. The molecule has 2 heterocycles. The topological polar surface area (TPSA) is 62.1 Å². The van der Waals surface area contributed by atoms with Crippen LogP contribution >= 0.6 is 0 Å². The van der Waals surface area contributed by atoms with Crippen molar-refractivity contribution in [1.29, 1.82) is 0 Å². The highest BCUT2D eigenvalue weighted by atomic mass is 16.5. The molecule has 0 aromatic heterocycles. The molecule has 3 aromatic carbocycles. The third-order valence-corrected chi connectivity index (χ3v) is 7.23. The van der Waals surface area contributed by atoms with Gasteiger partial charge in [-0.15, -0.1) is 0 Å². The normalized spacial score (nSPS) is 25.6. The number of fused-ring (bicyclic) bond motifs is 1. The van der Waals surface area contributed by atoms with Crippen LogP contribution in [0, 0.1) is 5.41 Å². The Hall–Kier alpha value is -3.44. The number of hydrogen-bond donors (Lipinski definition) is 1. The lowest BCUT2D eigenvalue weighted by Gasteiger charge is -2.42. The van der Waals surface area contributed by atoms with Crippen LogP contribution < -0.4 is 4.74 Å². The van der Waals surface area contributed by atoms with E-state index in [-0.39, 0.29) is 12.5 Å². The Morgan fingerprint density at radius 1 is 0.939 bits per heavy atom. The number of methoxy groups -OCH3 is 1. The van der Waals surface area contributed by atoms with Crippen LogP contribution in [0.1, 0.15) is 30.5 Å². The summed E-state index contributed by atoms with van der Waals surface area (Å²) in [5, 5.41) is 12.1. The predicted molar refractivity (Wildman–Crippen MR) is 128 cm³/mol. The third-order valence-electron chi connectivity index (χ3n) is 7.23. The van der Waals surface area contributed by atoms with Crippen molar-refractivity contribution >= 4 is 11.6 Å². The molecule has 5 heteroatoms. The fourth-order valence-electron chi connectivity index (χ4n) is 5.76. The Bertz CT molecular complexity index is 1200. The van der Waals surface area contributed by atoms with E-state index in [4.69, 9.17) is 9.73 Å². The summed E-state index contributed by atoms with van der Waals surface area (Å²) < 4.78 is 5.25. The van der Waals surface area contributed by atoms with Crippen LogP contribution in [0.4, 0.5) is 0 Å². The number of nitrogens with zero attached hydrogens (tertiary/aromatic N) is 2. The summed E-state index contributed by atoms with van der Waals surface area (Å²) in [5.41, 5.74) is -0.0979. The summed E-state index contributed by atoms with van der Waals surface area (Å²) >= 11 is 0. The highest BCUT2D eigenvalue weighted by molar-refractivity contribution is 6.13. The second-order valence-electron chi connectivity index (χ2n) is 9.39. The number of likely N-dealkylation sites (tertiary alicyclic amines) is 1. The van der Waals surface area contributed by atoms with Gasteiger partial charge in [0, 0.05) is 12.0 Å². The molecule has 1 fully saturated rings.